The molecule has 2 aliphatic heterocycles. The second-order valence-electron chi connectivity index (χ2n) is 9.97. The van der Waals surface area contributed by atoms with E-state index >= 15 is 0 Å². The molecule has 0 spiro atoms. The van der Waals surface area contributed by atoms with Gasteiger partial charge in [0.15, 0.2) is 17.8 Å². The number of allylic oxidation sites excluding steroid dienone is 2. The quantitative estimate of drug-likeness (QED) is 0.170. The number of hydrogen-bond acceptors (Lipinski definition) is 7. The molecule has 1 fully saturated rings. The number of benzene rings is 2. The Morgan fingerprint density at radius 1 is 1.04 bits per heavy atom. The van der Waals surface area contributed by atoms with Crippen molar-refractivity contribution >= 4 is 29.7 Å². The van der Waals surface area contributed by atoms with Crippen molar-refractivity contribution in [3.05, 3.63) is 65.3 Å². The molecule has 0 bridgehead atoms. The van der Waals surface area contributed by atoms with Crippen LogP contribution in [-0.2, 0) is 14.3 Å². The van der Waals surface area contributed by atoms with Gasteiger partial charge in [-0.1, -0.05) is 59.2 Å². The van der Waals surface area contributed by atoms with Crippen molar-refractivity contribution in [3.8, 4) is 11.5 Å². The number of ether oxygens (including phenoxy) is 3. The molecule has 1 N–H and O–H groups in total. The molecule has 4 rings (SSSR count). The fraction of sp³-hybridized carbons (Fsp3) is 0.500. The van der Waals surface area contributed by atoms with Gasteiger partial charge >= 0.3 is 31.1 Å². The number of aldehydes is 1. The SMILES string of the molecule is CC.CC.CC(C)=C(C=O)c1ccc(C)c2c1OCCO2.CCC[C@H]1COCCN1c1cc(C)c(C(=O)NC[C-]=O)c(F)c1.[CH3-].[U+2]. The Hall–Kier alpha value is -2.67. The van der Waals surface area contributed by atoms with Crippen LogP contribution in [0.1, 0.15) is 88.4 Å². The number of fused-ring (bicyclic) bond motifs is 1. The average Bonchev–Trinajstić information content (AvgIpc) is 3.04. The second-order valence-corrected chi connectivity index (χ2v) is 9.97. The van der Waals surface area contributed by atoms with Crippen LogP contribution in [0, 0.1) is 58.2 Å². The predicted octanol–water partition coefficient (Wildman–Crippen LogP) is 7.24. The molecule has 46 heavy (non-hydrogen) atoms. The van der Waals surface area contributed by atoms with Gasteiger partial charge in [-0.15, -0.1) is 0 Å². The van der Waals surface area contributed by atoms with E-state index in [9.17, 15) is 18.8 Å². The molecule has 1 atom stereocenters. The third kappa shape index (κ3) is 12.5. The summed E-state index contributed by atoms with van der Waals surface area (Å²) in [5.74, 6) is 0.279. The minimum atomic E-state index is -0.595. The summed E-state index contributed by atoms with van der Waals surface area (Å²) in [6.07, 6.45) is 4.43. The molecule has 0 aliphatic carbocycles. The number of morpholine rings is 1. The van der Waals surface area contributed by atoms with E-state index < -0.39 is 11.7 Å². The average molecular weight is 867 g/mol. The van der Waals surface area contributed by atoms with Gasteiger partial charge in [-0.2, -0.15) is 0 Å². The van der Waals surface area contributed by atoms with Gasteiger partial charge < -0.3 is 36.6 Å². The third-order valence-electron chi connectivity index (χ3n) is 6.83. The summed E-state index contributed by atoms with van der Waals surface area (Å²) < 4.78 is 31.2. The molecule has 254 valence electrons. The Morgan fingerprint density at radius 3 is 2.22 bits per heavy atom. The summed E-state index contributed by atoms with van der Waals surface area (Å²) in [5.41, 5.74) is 4.78. The van der Waals surface area contributed by atoms with Gasteiger partial charge in [-0.05, 0) is 63.4 Å². The number of hydrogen-bond donors (Lipinski definition) is 1. The monoisotopic (exact) mass is 866 g/mol. The summed E-state index contributed by atoms with van der Waals surface area (Å²) in [7, 11) is 0. The van der Waals surface area contributed by atoms with Gasteiger partial charge in [0.25, 0.3) is 5.91 Å². The molecule has 0 saturated carbocycles. The molecule has 2 heterocycles. The van der Waals surface area contributed by atoms with Crippen molar-refractivity contribution in [3.63, 3.8) is 0 Å². The van der Waals surface area contributed by atoms with Gasteiger partial charge in [-0.3, -0.25) is 9.59 Å². The van der Waals surface area contributed by atoms with E-state index in [0.717, 1.165) is 47.3 Å². The van der Waals surface area contributed by atoms with Crippen LogP contribution in [0.15, 0.2) is 29.8 Å². The Bertz CT molecular complexity index is 1240. The van der Waals surface area contributed by atoms with E-state index in [1.807, 2.05) is 66.7 Å². The Morgan fingerprint density at radius 2 is 1.67 bits per heavy atom. The number of anilines is 1. The zero-order chi connectivity index (χ0) is 33.2. The van der Waals surface area contributed by atoms with Crippen molar-refractivity contribution in [1.29, 1.82) is 0 Å². The van der Waals surface area contributed by atoms with Crippen LogP contribution in [0.5, 0.6) is 11.5 Å². The standard InChI is InChI=1S/C17H22FN2O3.C14H16O3.2C2H6.CH3.U/c1-3-4-13-11-23-8-6-20(13)14-9-12(2)16(15(18)10-14)17(22)19-5-7-21;1-9(2)12(8-15)11-5-4-10(3)13-14(11)17-7-6-16-13;2*1-2;;/h9-10,13H,3-6,8,11H2,1-2H3,(H,19,22);4-5,8H,6-7H2,1-3H3;2*1-2H3;1H3;/q-1;;;;-1;+2/t13-;;;;;/m0...../s1. The Labute approximate surface area is 300 Å². The van der Waals surface area contributed by atoms with Gasteiger partial charge in [0, 0.05) is 23.4 Å². The molecule has 2 aliphatic rings. The summed E-state index contributed by atoms with van der Waals surface area (Å²) >= 11 is 0. The third-order valence-corrected chi connectivity index (χ3v) is 6.83. The first kappa shape index (κ1) is 45.5. The molecular formula is C36H53FN2O6U. The van der Waals surface area contributed by atoms with Crippen LogP contribution in [0.4, 0.5) is 10.1 Å². The van der Waals surface area contributed by atoms with Crippen molar-refractivity contribution in [2.45, 2.75) is 81.2 Å². The van der Waals surface area contributed by atoms with Crippen LogP contribution in [0.3, 0.4) is 0 Å². The molecule has 10 heteroatoms. The number of halogens is 1. The summed E-state index contributed by atoms with van der Waals surface area (Å²) in [4.78, 5) is 35.5. The van der Waals surface area contributed by atoms with Crippen LogP contribution < -0.4 is 19.7 Å². The maximum atomic E-state index is 14.4. The van der Waals surface area contributed by atoms with Crippen LogP contribution >= 0.6 is 0 Å². The van der Waals surface area contributed by atoms with Crippen molar-refractivity contribution in [2.75, 3.05) is 44.4 Å². The minimum absolute atomic E-state index is 0. The fourth-order valence-electron chi connectivity index (χ4n) is 4.89. The van der Waals surface area contributed by atoms with E-state index in [0.29, 0.717) is 49.9 Å². The van der Waals surface area contributed by atoms with Crippen LogP contribution in [0.2, 0.25) is 0 Å². The predicted molar refractivity (Wildman–Crippen MR) is 182 cm³/mol. The first-order valence-corrected chi connectivity index (χ1v) is 15.5. The first-order valence-electron chi connectivity index (χ1n) is 15.5. The number of amides is 1. The van der Waals surface area contributed by atoms with E-state index in [-0.39, 0.29) is 56.7 Å². The molecule has 1 amide bonds. The smallest absolute Gasteiger partial charge is 0.540 e. The maximum Gasteiger partial charge on any atom is 2.00 e. The van der Waals surface area contributed by atoms with Crippen molar-refractivity contribution < 1.29 is 64.1 Å². The number of nitrogens with zero attached hydrogens (tertiary/aromatic N) is 1. The van der Waals surface area contributed by atoms with Gasteiger partial charge in [-0.25, -0.2) is 10.7 Å². The molecule has 1 saturated heterocycles. The summed E-state index contributed by atoms with van der Waals surface area (Å²) in [5, 5.41) is 2.32. The Balaban J connectivity index is 0. The Kier molecular flexibility index (Phi) is 24.2. The maximum absolute atomic E-state index is 14.4. The van der Waals surface area contributed by atoms with Gasteiger partial charge in [0.05, 0.1) is 24.8 Å². The van der Waals surface area contributed by atoms with E-state index in [1.165, 1.54) is 6.07 Å². The zero-order valence-electron chi connectivity index (χ0n) is 29.4. The molecule has 2 aromatic rings. The largest absolute Gasteiger partial charge is 2.00 e. The number of rotatable bonds is 8. The normalized spacial score (nSPS) is 14.0. The fourth-order valence-corrected chi connectivity index (χ4v) is 4.89. The van der Waals surface area contributed by atoms with Gasteiger partial charge in [0.2, 0.25) is 0 Å². The molecule has 0 radical (unpaired) electrons. The number of nitrogens with one attached hydrogen (secondary N) is 1. The van der Waals surface area contributed by atoms with Crippen LogP contribution in [0.25, 0.3) is 5.57 Å². The topological polar surface area (TPSA) is 94.2 Å². The number of carbonyl (C=O) groups is 2. The van der Waals surface area contributed by atoms with Crippen molar-refractivity contribution in [1.82, 2.24) is 5.32 Å². The van der Waals surface area contributed by atoms with Crippen molar-refractivity contribution in [2.24, 2.45) is 0 Å². The molecule has 0 unspecified atom stereocenters. The number of aryl methyl sites for hydroxylation is 2. The summed E-state index contributed by atoms with van der Waals surface area (Å²) in [6, 6.07) is 7.29. The van der Waals surface area contributed by atoms with Crippen LogP contribution in [-0.4, -0.2) is 64.0 Å². The molecule has 8 nitrogen and oxygen atoms in total. The molecular weight excluding hydrogens is 813 g/mol. The molecule has 0 aromatic heterocycles. The first-order chi connectivity index (χ1) is 21.2. The zero-order valence-corrected chi connectivity index (χ0v) is 33.6. The number of carbonyl (C=O) groups excluding carboxylic acids is 3. The van der Waals surface area contributed by atoms with E-state index in [2.05, 4.69) is 17.1 Å². The van der Waals surface area contributed by atoms with E-state index in [1.54, 1.807) is 13.2 Å². The van der Waals surface area contributed by atoms with Gasteiger partial charge in [0.1, 0.15) is 19.0 Å². The second kappa shape index (κ2) is 24.5. The summed E-state index contributed by atoms with van der Waals surface area (Å²) in [6.45, 7) is 20.4. The molecule has 2 aromatic carbocycles. The minimum Gasteiger partial charge on any atom is -0.540 e. The van der Waals surface area contributed by atoms with E-state index in [4.69, 9.17) is 14.2 Å².